The molecule has 3 fully saturated rings. The summed E-state index contributed by atoms with van der Waals surface area (Å²) >= 11 is 3.44. The topological polar surface area (TPSA) is 64.0 Å². The van der Waals surface area contributed by atoms with Crippen LogP contribution in [0, 0.1) is 0 Å². The van der Waals surface area contributed by atoms with Gasteiger partial charge in [0.05, 0.1) is 17.3 Å². The molecule has 3 aliphatic rings. The van der Waals surface area contributed by atoms with Gasteiger partial charge in [-0.2, -0.15) is 5.10 Å². The quantitative estimate of drug-likeness (QED) is 0.773. The first-order chi connectivity index (χ1) is 10.7. The molecule has 23 heavy (non-hydrogen) atoms. The van der Waals surface area contributed by atoms with Crippen molar-refractivity contribution in [2.24, 2.45) is 0 Å². The monoisotopic (exact) mass is 388 g/mol. The molecule has 5 atom stereocenters. The maximum absolute atomic E-state index is 6.15. The summed E-state index contributed by atoms with van der Waals surface area (Å²) in [7, 11) is 0. The van der Waals surface area contributed by atoms with Gasteiger partial charge in [0, 0.05) is 6.20 Å². The van der Waals surface area contributed by atoms with Crippen molar-refractivity contribution in [1.82, 2.24) is 9.78 Å². The summed E-state index contributed by atoms with van der Waals surface area (Å²) in [6, 6.07) is -0.143. The zero-order chi connectivity index (χ0) is 16.4. The molecule has 7 nitrogen and oxygen atoms in total. The highest BCUT2D eigenvalue weighted by Gasteiger charge is 2.59. The number of rotatable bonds is 2. The van der Waals surface area contributed by atoms with Crippen LogP contribution in [0.3, 0.4) is 0 Å². The van der Waals surface area contributed by atoms with E-state index in [4.69, 9.17) is 23.7 Å². The van der Waals surface area contributed by atoms with Gasteiger partial charge < -0.3 is 23.7 Å². The highest BCUT2D eigenvalue weighted by molar-refractivity contribution is 9.10. The fourth-order valence-electron chi connectivity index (χ4n) is 3.48. The molecule has 4 heterocycles. The van der Waals surface area contributed by atoms with Crippen molar-refractivity contribution in [3.05, 3.63) is 16.9 Å². The second-order valence-electron chi connectivity index (χ2n) is 7.07. The molecule has 0 N–H and O–H groups in total. The third-order valence-electron chi connectivity index (χ3n) is 4.32. The lowest BCUT2D eigenvalue weighted by atomic mass is 10.0. The van der Waals surface area contributed by atoms with Gasteiger partial charge in [-0.1, -0.05) is 0 Å². The van der Waals surface area contributed by atoms with Crippen LogP contribution in [0.1, 0.15) is 33.7 Å². The first-order valence-corrected chi connectivity index (χ1v) is 8.56. The van der Waals surface area contributed by atoms with Crippen molar-refractivity contribution in [3.8, 4) is 0 Å². The Balaban J connectivity index is 1.64. The fourth-order valence-corrected chi connectivity index (χ4v) is 3.78. The minimum atomic E-state index is -0.671. The van der Waals surface area contributed by atoms with Gasteiger partial charge in [0.25, 0.3) is 0 Å². The number of nitrogens with zero attached hydrogens (tertiary/aromatic N) is 2. The SMILES string of the molecule is CC1(C)O[C@H]2O[C@@H]([C@H]3COC(C)(C)O3)[C@H](n3cc(Br)cn3)[C@H]2O1. The summed E-state index contributed by atoms with van der Waals surface area (Å²) in [5.74, 6) is -1.28. The Morgan fingerprint density at radius 3 is 2.52 bits per heavy atom. The second-order valence-corrected chi connectivity index (χ2v) is 7.98. The van der Waals surface area contributed by atoms with Crippen LogP contribution in [0.2, 0.25) is 0 Å². The van der Waals surface area contributed by atoms with Gasteiger partial charge >= 0.3 is 0 Å². The Morgan fingerprint density at radius 2 is 1.91 bits per heavy atom. The summed E-state index contributed by atoms with van der Waals surface area (Å²) in [4.78, 5) is 0. The maximum Gasteiger partial charge on any atom is 0.189 e. The van der Waals surface area contributed by atoms with Crippen molar-refractivity contribution in [1.29, 1.82) is 0 Å². The summed E-state index contributed by atoms with van der Waals surface area (Å²) in [5, 5.41) is 4.42. The van der Waals surface area contributed by atoms with Crippen molar-refractivity contribution < 1.29 is 23.7 Å². The summed E-state index contributed by atoms with van der Waals surface area (Å²) in [5.41, 5.74) is 0. The average molecular weight is 389 g/mol. The smallest absolute Gasteiger partial charge is 0.189 e. The normalized spacial score (nSPS) is 41.3. The van der Waals surface area contributed by atoms with E-state index >= 15 is 0 Å². The van der Waals surface area contributed by atoms with Crippen LogP contribution in [0.5, 0.6) is 0 Å². The molecular weight excluding hydrogens is 368 g/mol. The summed E-state index contributed by atoms with van der Waals surface area (Å²) < 4.78 is 32.6. The minimum absolute atomic E-state index is 0.143. The average Bonchev–Trinajstić information content (AvgIpc) is 3.12. The van der Waals surface area contributed by atoms with E-state index in [1.54, 1.807) is 6.20 Å². The molecule has 0 spiro atoms. The number of ether oxygens (including phenoxy) is 5. The molecule has 8 heteroatoms. The van der Waals surface area contributed by atoms with Crippen molar-refractivity contribution in [3.63, 3.8) is 0 Å². The number of hydrogen-bond donors (Lipinski definition) is 0. The van der Waals surface area contributed by atoms with Crippen LogP contribution in [-0.4, -0.2) is 52.6 Å². The van der Waals surface area contributed by atoms with E-state index in [-0.39, 0.29) is 24.4 Å². The Labute approximate surface area is 143 Å². The van der Waals surface area contributed by atoms with E-state index in [1.165, 1.54) is 0 Å². The lowest BCUT2D eigenvalue weighted by molar-refractivity contribution is -0.226. The predicted octanol–water partition coefficient (Wildman–Crippen LogP) is 2.21. The number of halogens is 1. The molecule has 0 aromatic carbocycles. The molecule has 128 valence electrons. The fraction of sp³-hybridized carbons (Fsp3) is 0.800. The standard InChI is InChI=1S/C15H21BrN2O5/c1-14(2)19-7-9(21-14)11-10(18-6-8(16)5-17-18)12-13(20-11)23-15(3,4)22-12/h5-6,9-13H,7H2,1-4H3/t9-,10+,11+,12-,13-/m1/s1. The van der Waals surface area contributed by atoms with Gasteiger partial charge in [0.2, 0.25) is 0 Å². The Hall–Kier alpha value is -0.510. The van der Waals surface area contributed by atoms with Crippen molar-refractivity contribution in [2.75, 3.05) is 6.61 Å². The van der Waals surface area contributed by atoms with E-state index in [1.807, 2.05) is 38.6 Å². The van der Waals surface area contributed by atoms with Crippen LogP contribution < -0.4 is 0 Å². The molecule has 3 aliphatic heterocycles. The molecule has 0 aliphatic carbocycles. The van der Waals surface area contributed by atoms with Gasteiger partial charge in [-0.05, 0) is 43.6 Å². The molecule has 4 rings (SSSR count). The van der Waals surface area contributed by atoms with Crippen LogP contribution in [0.25, 0.3) is 0 Å². The third kappa shape index (κ3) is 2.85. The van der Waals surface area contributed by atoms with Crippen LogP contribution in [0.15, 0.2) is 16.9 Å². The lowest BCUT2D eigenvalue weighted by Crippen LogP contribution is -2.40. The maximum atomic E-state index is 6.15. The molecule has 0 amide bonds. The number of aromatic nitrogens is 2. The zero-order valence-corrected chi connectivity index (χ0v) is 15.1. The lowest BCUT2D eigenvalue weighted by Gasteiger charge is -2.29. The second kappa shape index (κ2) is 5.24. The van der Waals surface area contributed by atoms with E-state index < -0.39 is 17.9 Å². The zero-order valence-electron chi connectivity index (χ0n) is 13.6. The largest absolute Gasteiger partial charge is 0.348 e. The molecule has 1 aromatic rings. The van der Waals surface area contributed by atoms with Crippen LogP contribution in [0.4, 0.5) is 0 Å². The molecule has 1 aromatic heterocycles. The van der Waals surface area contributed by atoms with E-state index in [9.17, 15) is 0 Å². The third-order valence-corrected chi connectivity index (χ3v) is 4.73. The summed E-state index contributed by atoms with van der Waals surface area (Å²) in [6.07, 6.45) is 2.54. The van der Waals surface area contributed by atoms with Gasteiger partial charge in [-0.15, -0.1) is 0 Å². The highest BCUT2D eigenvalue weighted by Crippen LogP contribution is 2.45. The van der Waals surface area contributed by atoms with Crippen molar-refractivity contribution >= 4 is 15.9 Å². The van der Waals surface area contributed by atoms with Crippen LogP contribution >= 0.6 is 15.9 Å². The van der Waals surface area contributed by atoms with Gasteiger partial charge in [-0.3, -0.25) is 4.68 Å². The Kier molecular flexibility index (Phi) is 3.64. The molecule has 3 saturated heterocycles. The molecule has 0 saturated carbocycles. The molecule has 0 radical (unpaired) electrons. The van der Waals surface area contributed by atoms with E-state index in [0.29, 0.717) is 6.61 Å². The minimum Gasteiger partial charge on any atom is -0.348 e. The summed E-state index contributed by atoms with van der Waals surface area (Å²) in [6.45, 7) is 8.05. The van der Waals surface area contributed by atoms with E-state index in [0.717, 1.165) is 4.47 Å². The molecule has 0 bridgehead atoms. The first kappa shape index (κ1) is 16.0. The Bertz CT molecular complexity index is 604. The number of fused-ring (bicyclic) bond motifs is 1. The Morgan fingerprint density at radius 1 is 1.13 bits per heavy atom. The van der Waals surface area contributed by atoms with E-state index in [2.05, 4.69) is 21.0 Å². The van der Waals surface area contributed by atoms with Crippen molar-refractivity contribution in [2.45, 2.75) is 69.9 Å². The first-order valence-electron chi connectivity index (χ1n) is 7.77. The van der Waals surface area contributed by atoms with Gasteiger partial charge in [-0.25, -0.2) is 0 Å². The predicted molar refractivity (Wildman–Crippen MR) is 82.6 cm³/mol. The van der Waals surface area contributed by atoms with Gasteiger partial charge in [0.1, 0.15) is 24.4 Å². The van der Waals surface area contributed by atoms with Gasteiger partial charge in [0.15, 0.2) is 17.9 Å². The molecule has 0 unspecified atom stereocenters. The van der Waals surface area contributed by atoms with Crippen LogP contribution in [-0.2, 0) is 23.7 Å². The highest BCUT2D eigenvalue weighted by atomic mass is 79.9. The number of hydrogen-bond acceptors (Lipinski definition) is 6. The molecular formula is C15H21BrN2O5.